The molecule has 1 heterocycles. The fraction of sp³-hybridized carbons (Fsp3) is 0.158. The molecular weight excluding hydrogens is 454 g/mol. The molecule has 0 atom stereocenters. The summed E-state index contributed by atoms with van der Waals surface area (Å²) in [5.74, 6) is -2.00. The Balaban J connectivity index is 1.89. The van der Waals surface area contributed by atoms with Gasteiger partial charge in [0.1, 0.15) is 22.7 Å². The molecule has 30 heavy (non-hydrogen) atoms. The number of halogens is 3. The third-order valence-electron chi connectivity index (χ3n) is 3.87. The minimum absolute atomic E-state index is 0.0457. The van der Waals surface area contributed by atoms with Crippen LogP contribution in [0.2, 0.25) is 10.0 Å². The van der Waals surface area contributed by atoms with Crippen molar-refractivity contribution in [1.29, 1.82) is 0 Å². The van der Waals surface area contributed by atoms with Gasteiger partial charge in [0.25, 0.3) is 15.9 Å². The zero-order valence-corrected chi connectivity index (χ0v) is 18.2. The fourth-order valence-corrected chi connectivity index (χ4v) is 4.41. The quantitative estimate of drug-likeness (QED) is 0.561. The van der Waals surface area contributed by atoms with Crippen molar-refractivity contribution in [2.24, 2.45) is 0 Å². The van der Waals surface area contributed by atoms with Crippen LogP contribution >= 0.6 is 23.2 Å². The summed E-state index contributed by atoms with van der Waals surface area (Å²) in [6.45, 7) is 3.54. The molecule has 11 heteroatoms. The van der Waals surface area contributed by atoms with Gasteiger partial charge in [0.15, 0.2) is 0 Å². The van der Waals surface area contributed by atoms with Gasteiger partial charge in [0.05, 0.1) is 5.69 Å². The third kappa shape index (κ3) is 4.92. The number of aromatic nitrogens is 2. The average Bonchev–Trinajstić information content (AvgIpc) is 3.10. The van der Waals surface area contributed by atoms with Crippen molar-refractivity contribution in [3.8, 4) is 5.69 Å². The maximum absolute atomic E-state index is 14.3. The Morgan fingerprint density at radius 2 is 1.83 bits per heavy atom. The van der Waals surface area contributed by atoms with Gasteiger partial charge in [-0.15, -0.1) is 0 Å². The van der Waals surface area contributed by atoms with Crippen molar-refractivity contribution in [2.75, 3.05) is 5.32 Å². The highest BCUT2D eigenvalue weighted by Crippen LogP contribution is 2.25. The first-order valence-corrected chi connectivity index (χ1v) is 10.9. The maximum atomic E-state index is 14.3. The molecule has 0 saturated heterocycles. The molecule has 0 aliphatic rings. The summed E-state index contributed by atoms with van der Waals surface area (Å²) in [7, 11) is -4.51. The highest BCUT2D eigenvalue weighted by atomic mass is 35.5. The molecule has 0 bridgehead atoms. The van der Waals surface area contributed by atoms with Gasteiger partial charge >= 0.3 is 0 Å². The van der Waals surface area contributed by atoms with Gasteiger partial charge in [-0.05, 0) is 44.2 Å². The minimum atomic E-state index is -4.51. The number of hydrogen-bond acceptors (Lipinski definition) is 5. The van der Waals surface area contributed by atoms with E-state index in [1.165, 1.54) is 29.2 Å². The molecule has 0 aliphatic heterocycles. The van der Waals surface area contributed by atoms with Gasteiger partial charge in [-0.3, -0.25) is 4.79 Å². The molecule has 0 fully saturated rings. The molecule has 3 rings (SSSR count). The third-order valence-corrected chi connectivity index (χ3v) is 5.71. The van der Waals surface area contributed by atoms with Gasteiger partial charge < -0.3 is 9.88 Å². The van der Waals surface area contributed by atoms with Crippen LogP contribution in [0.3, 0.4) is 0 Å². The van der Waals surface area contributed by atoms with Crippen molar-refractivity contribution in [3.05, 3.63) is 70.5 Å². The maximum Gasteiger partial charge on any atom is 0.285 e. The lowest BCUT2D eigenvalue weighted by molar-refractivity contribution is 0.0977. The number of nitrogens with zero attached hydrogens (tertiary/aromatic N) is 2. The average molecular weight is 471 g/mol. The summed E-state index contributed by atoms with van der Waals surface area (Å²) < 4.78 is 43.1. The first-order valence-electron chi connectivity index (χ1n) is 8.69. The van der Waals surface area contributed by atoms with Gasteiger partial charge in [-0.1, -0.05) is 29.3 Å². The molecular formula is C19H17Cl2FN4O3S. The normalized spacial score (nSPS) is 11.5. The lowest BCUT2D eigenvalue weighted by atomic mass is 10.3. The highest BCUT2D eigenvalue weighted by Gasteiger charge is 2.27. The monoisotopic (exact) mass is 470 g/mol. The number of amides is 1. The van der Waals surface area contributed by atoms with Gasteiger partial charge in [0.2, 0.25) is 0 Å². The summed E-state index contributed by atoms with van der Waals surface area (Å²) in [6.07, 6.45) is 2.61. The first kappa shape index (κ1) is 22.1. The zero-order chi connectivity index (χ0) is 22.1. The highest BCUT2D eigenvalue weighted by molar-refractivity contribution is 7.90. The molecule has 2 N–H and O–H groups in total. The molecule has 2 aromatic carbocycles. The Bertz CT molecular complexity index is 1190. The number of rotatable bonds is 6. The van der Waals surface area contributed by atoms with E-state index in [9.17, 15) is 17.6 Å². The van der Waals surface area contributed by atoms with Crippen LogP contribution < -0.4 is 10.0 Å². The molecule has 0 aliphatic carbocycles. The number of benzene rings is 2. The Morgan fingerprint density at radius 1 is 1.17 bits per heavy atom. The summed E-state index contributed by atoms with van der Waals surface area (Å²) >= 11 is 11.9. The van der Waals surface area contributed by atoms with E-state index in [0.717, 1.165) is 6.07 Å². The van der Waals surface area contributed by atoms with Crippen molar-refractivity contribution >= 4 is 44.8 Å². The molecule has 3 aromatic rings. The van der Waals surface area contributed by atoms with Crippen LogP contribution in [-0.2, 0) is 10.0 Å². The van der Waals surface area contributed by atoms with E-state index in [4.69, 9.17) is 23.2 Å². The van der Waals surface area contributed by atoms with Crippen LogP contribution in [0.5, 0.6) is 0 Å². The SMILES string of the molecule is CC(C)Nc1cccc(F)c1S(=O)(=O)NC(=O)c1cn(-c2cc(Cl)cc(Cl)c2)cn1. The van der Waals surface area contributed by atoms with E-state index in [1.54, 1.807) is 32.0 Å². The summed E-state index contributed by atoms with van der Waals surface area (Å²) in [5.41, 5.74) is 0.383. The Kier molecular flexibility index (Phi) is 6.35. The number of sulfonamides is 1. The van der Waals surface area contributed by atoms with Crippen LogP contribution in [-0.4, -0.2) is 29.9 Å². The summed E-state index contributed by atoms with van der Waals surface area (Å²) in [4.78, 5) is 15.8. The van der Waals surface area contributed by atoms with Crippen molar-refractivity contribution in [1.82, 2.24) is 14.3 Å². The molecule has 0 radical (unpaired) electrons. The number of hydrogen-bond donors (Lipinski definition) is 2. The molecule has 0 unspecified atom stereocenters. The van der Waals surface area contributed by atoms with E-state index in [1.807, 2.05) is 4.72 Å². The summed E-state index contributed by atoms with van der Waals surface area (Å²) in [6, 6.07) is 8.37. The number of anilines is 1. The number of imidazole rings is 1. The van der Waals surface area contributed by atoms with Crippen LogP contribution in [0.4, 0.5) is 10.1 Å². The van der Waals surface area contributed by atoms with Crippen LogP contribution in [0.25, 0.3) is 5.69 Å². The predicted molar refractivity (Wildman–Crippen MR) is 113 cm³/mol. The second-order valence-corrected chi connectivity index (χ2v) is 9.14. The van der Waals surface area contributed by atoms with Crippen molar-refractivity contribution in [3.63, 3.8) is 0 Å². The largest absolute Gasteiger partial charge is 0.382 e. The smallest absolute Gasteiger partial charge is 0.285 e. The van der Waals surface area contributed by atoms with Crippen LogP contribution in [0.15, 0.2) is 53.8 Å². The zero-order valence-electron chi connectivity index (χ0n) is 15.9. The van der Waals surface area contributed by atoms with E-state index >= 15 is 0 Å². The second kappa shape index (κ2) is 8.63. The Hall–Kier alpha value is -2.62. The number of nitrogens with one attached hydrogen (secondary N) is 2. The minimum Gasteiger partial charge on any atom is -0.382 e. The van der Waals surface area contributed by atoms with E-state index in [2.05, 4.69) is 10.3 Å². The van der Waals surface area contributed by atoms with Crippen LogP contribution in [0, 0.1) is 5.82 Å². The van der Waals surface area contributed by atoms with Gasteiger partial charge in [-0.2, -0.15) is 0 Å². The molecule has 1 aromatic heterocycles. The van der Waals surface area contributed by atoms with Gasteiger partial charge in [-0.25, -0.2) is 22.5 Å². The standard InChI is InChI=1S/C19H17Cl2FN4O3S/c1-11(2)24-16-5-3-4-15(22)18(16)30(28,29)25-19(27)17-9-26(10-23-17)14-7-12(20)6-13(21)8-14/h3-11,24H,1-2H3,(H,25,27). The van der Waals surface area contributed by atoms with Gasteiger partial charge in [0, 0.05) is 28.0 Å². The van der Waals surface area contributed by atoms with Crippen LogP contribution in [0.1, 0.15) is 24.3 Å². The van der Waals surface area contributed by atoms with Crippen molar-refractivity contribution < 1.29 is 17.6 Å². The molecule has 0 saturated carbocycles. The van der Waals surface area contributed by atoms with E-state index in [0.29, 0.717) is 15.7 Å². The number of carbonyl (C=O) groups excluding carboxylic acids is 1. The lowest BCUT2D eigenvalue weighted by Crippen LogP contribution is -2.32. The lowest BCUT2D eigenvalue weighted by Gasteiger charge is -2.15. The Morgan fingerprint density at radius 3 is 2.47 bits per heavy atom. The Labute approximate surface area is 182 Å². The predicted octanol–water partition coefficient (Wildman–Crippen LogP) is 4.26. The van der Waals surface area contributed by atoms with E-state index < -0.39 is 26.6 Å². The van der Waals surface area contributed by atoms with Crippen molar-refractivity contribution in [2.45, 2.75) is 24.8 Å². The topological polar surface area (TPSA) is 93.1 Å². The molecule has 0 spiro atoms. The van der Waals surface area contributed by atoms with E-state index in [-0.39, 0.29) is 17.4 Å². The molecule has 1 amide bonds. The molecule has 7 nitrogen and oxygen atoms in total. The first-order chi connectivity index (χ1) is 14.1. The second-order valence-electron chi connectivity index (χ2n) is 6.64. The number of carbonyl (C=O) groups is 1. The fourth-order valence-electron chi connectivity index (χ4n) is 2.70. The summed E-state index contributed by atoms with van der Waals surface area (Å²) in [5, 5.41) is 3.61. The molecule has 158 valence electrons.